The molecule has 7 nitrogen and oxygen atoms in total. The largest absolute Gasteiger partial charge is 0.459 e. The molecule has 240 valence electrons. The van der Waals surface area contributed by atoms with Gasteiger partial charge in [0.05, 0.1) is 11.6 Å². The average molecular weight is 638 g/mol. The molecule has 0 radical (unpaired) electrons. The minimum absolute atomic E-state index is 0.0683. The van der Waals surface area contributed by atoms with Crippen molar-refractivity contribution in [1.82, 2.24) is 0 Å². The summed E-state index contributed by atoms with van der Waals surface area (Å²) in [4.78, 5) is 28.5. The van der Waals surface area contributed by atoms with Gasteiger partial charge in [0.25, 0.3) is 0 Å². The fraction of sp³-hybridized carbons (Fsp3) is 0.146. The second-order valence-corrected chi connectivity index (χ2v) is 11.7. The summed E-state index contributed by atoms with van der Waals surface area (Å²) in [5.74, 6) is -0.447. The Morgan fingerprint density at radius 1 is 0.771 bits per heavy atom. The number of ether oxygens (including phenoxy) is 2. The maximum Gasteiger partial charge on any atom is 0.338 e. The van der Waals surface area contributed by atoms with E-state index in [1.165, 1.54) is 0 Å². The summed E-state index contributed by atoms with van der Waals surface area (Å²) in [7, 11) is 0. The van der Waals surface area contributed by atoms with Crippen molar-refractivity contribution in [2.24, 2.45) is 0 Å². The smallest absolute Gasteiger partial charge is 0.338 e. The van der Waals surface area contributed by atoms with Crippen LogP contribution >= 0.6 is 0 Å². The number of hydrogen-bond acceptors (Lipinski definition) is 6. The Hall–Kier alpha value is -5.95. The van der Waals surface area contributed by atoms with Gasteiger partial charge in [-0.15, -0.1) is 0 Å². The number of aryl methyl sites for hydroxylation is 4. The number of anilines is 2. The average Bonchev–Trinajstić information content (AvgIpc) is 3.08. The molecule has 0 amide bonds. The maximum absolute atomic E-state index is 13.4. The SMILES string of the molecule is C=CC(=O)OCCOC(=O)c1ccccc1-c1c2ccc(=[NH+]c3c(C)cccc3C)cc-2oc2cc(Nc3c(C)cccc3C)ccc12. The highest BCUT2D eigenvalue weighted by atomic mass is 16.6. The molecule has 0 saturated carbocycles. The Kier molecular flexibility index (Phi) is 9.21. The summed E-state index contributed by atoms with van der Waals surface area (Å²) in [6.07, 6.45) is 1.07. The molecule has 2 N–H and O–H groups in total. The van der Waals surface area contributed by atoms with Crippen LogP contribution in [0.5, 0.6) is 0 Å². The van der Waals surface area contributed by atoms with Gasteiger partial charge in [0.15, 0.2) is 0 Å². The van der Waals surface area contributed by atoms with Crippen molar-refractivity contribution in [2.45, 2.75) is 27.7 Å². The monoisotopic (exact) mass is 637 g/mol. The molecule has 0 atom stereocenters. The van der Waals surface area contributed by atoms with E-state index in [9.17, 15) is 9.59 Å². The summed E-state index contributed by atoms with van der Waals surface area (Å²) in [5, 5.41) is 5.29. The number of fused-ring (bicyclic) bond motifs is 2. The van der Waals surface area contributed by atoms with Crippen molar-refractivity contribution in [3.8, 4) is 22.5 Å². The number of hydrogen-bond donors (Lipinski definition) is 2. The number of benzene rings is 5. The lowest BCUT2D eigenvalue weighted by atomic mass is 9.90. The lowest BCUT2D eigenvalue weighted by Gasteiger charge is -2.18. The van der Waals surface area contributed by atoms with E-state index in [2.05, 4.69) is 68.8 Å². The molecule has 0 unspecified atom stereocenters. The number of carbonyl (C=O) groups excluding carboxylic acids is 2. The van der Waals surface area contributed by atoms with Crippen LogP contribution in [0.3, 0.4) is 0 Å². The van der Waals surface area contributed by atoms with Crippen LogP contribution in [-0.4, -0.2) is 25.2 Å². The molecule has 0 saturated heterocycles. The first-order valence-corrected chi connectivity index (χ1v) is 15.8. The standard InChI is InChI=1S/C41H36N2O5/c1-6-37(44)46-21-22-47-41(45)32-16-8-7-15-31(32)38-33-19-17-29(42-39-25(2)11-9-12-26(39)3)23-35(33)48-36-24-30(18-20-34(36)38)43-40-27(4)13-10-14-28(40)5/h6-20,23-24,42H,1,21-22H2,2-5H3/p+1. The molecule has 0 spiro atoms. The van der Waals surface area contributed by atoms with E-state index in [-0.39, 0.29) is 13.2 Å². The van der Waals surface area contributed by atoms with Gasteiger partial charge in [-0.2, -0.15) is 0 Å². The normalized spacial score (nSPS) is 11.5. The number of carbonyl (C=O) groups is 2. The number of esters is 2. The zero-order valence-electron chi connectivity index (χ0n) is 27.5. The zero-order chi connectivity index (χ0) is 33.8. The maximum atomic E-state index is 13.4. The lowest BCUT2D eigenvalue weighted by molar-refractivity contribution is -0.403. The van der Waals surface area contributed by atoms with Gasteiger partial charge in [-0.3, -0.25) is 0 Å². The molecule has 0 aromatic heterocycles. The second kappa shape index (κ2) is 13.8. The predicted octanol–water partition coefficient (Wildman–Crippen LogP) is 7.38. The Balaban J connectivity index is 1.51. The van der Waals surface area contributed by atoms with Gasteiger partial charge < -0.3 is 19.2 Å². The van der Waals surface area contributed by atoms with Crippen molar-refractivity contribution in [3.63, 3.8) is 0 Å². The summed E-state index contributed by atoms with van der Waals surface area (Å²) in [6.45, 7) is 11.6. The van der Waals surface area contributed by atoms with Crippen LogP contribution in [0.4, 0.5) is 17.1 Å². The van der Waals surface area contributed by atoms with Crippen LogP contribution < -0.4 is 15.7 Å². The van der Waals surface area contributed by atoms with E-state index in [1.54, 1.807) is 12.1 Å². The van der Waals surface area contributed by atoms with Crippen molar-refractivity contribution in [2.75, 3.05) is 18.5 Å². The topological polar surface area (TPSA) is 91.7 Å². The highest BCUT2D eigenvalue weighted by Gasteiger charge is 2.23. The molecule has 0 bridgehead atoms. The minimum atomic E-state index is -0.574. The molecule has 1 heterocycles. The van der Waals surface area contributed by atoms with Crippen molar-refractivity contribution < 1.29 is 28.5 Å². The van der Waals surface area contributed by atoms with Gasteiger partial charge in [-0.25, -0.2) is 14.6 Å². The Labute approximate surface area is 279 Å². The van der Waals surface area contributed by atoms with Gasteiger partial charge in [-0.05, 0) is 68.7 Å². The van der Waals surface area contributed by atoms with E-state index in [0.717, 1.165) is 67.3 Å². The number of para-hydroxylation sites is 2. The molecule has 0 fully saturated rings. The van der Waals surface area contributed by atoms with E-state index < -0.39 is 11.9 Å². The van der Waals surface area contributed by atoms with Crippen LogP contribution in [0.25, 0.3) is 33.4 Å². The van der Waals surface area contributed by atoms with Gasteiger partial charge in [0.1, 0.15) is 24.6 Å². The van der Waals surface area contributed by atoms with Crippen molar-refractivity contribution >= 4 is 40.0 Å². The molecular weight excluding hydrogens is 600 g/mol. The molecule has 7 heteroatoms. The first-order valence-electron chi connectivity index (χ1n) is 15.8. The number of rotatable bonds is 9. The first kappa shape index (κ1) is 32.0. The highest BCUT2D eigenvalue weighted by Crippen LogP contribution is 2.42. The van der Waals surface area contributed by atoms with Gasteiger partial charge in [0, 0.05) is 57.2 Å². The Morgan fingerprint density at radius 3 is 2.19 bits per heavy atom. The van der Waals surface area contributed by atoms with Crippen molar-refractivity contribution in [3.05, 3.63) is 143 Å². The minimum Gasteiger partial charge on any atom is -0.459 e. The molecule has 2 aliphatic rings. The van der Waals surface area contributed by atoms with Crippen LogP contribution in [0.1, 0.15) is 32.6 Å². The molecule has 4 aromatic rings. The summed E-state index contributed by atoms with van der Waals surface area (Å²) in [5.41, 5.74) is 10.9. The molecule has 6 rings (SSSR count). The molecule has 48 heavy (non-hydrogen) atoms. The molecule has 4 aromatic carbocycles. The molecule has 1 aliphatic carbocycles. The summed E-state index contributed by atoms with van der Waals surface area (Å²) >= 11 is 0. The van der Waals surface area contributed by atoms with Crippen LogP contribution in [-0.2, 0) is 14.3 Å². The third-order valence-corrected chi connectivity index (χ3v) is 8.37. The Morgan fingerprint density at radius 2 is 1.46 bits per heavy atom. The van der Waals surface area contributed by atoms with E-state index in [4.69, 9.17) is 13.9 Å². The van der Waals surface area contributed by atoms with E-state index in [1.807, 2.05) is 60.7 Å². The lowest BCUT2D eigenvalue weighted by Crippen LogP contribution is -2.71. The van der Waals surface area contributed by atoms with Gasteiger partial charge in [0.2, 0.25) is 11.0 Å². The fourth-order valence-electron chi connectivity index (χ4n) is 5.94. The quantitative estimate of drug-likeness (QED) is 0.0744. The van der Waals surface area contributed by atoms with Crippen LogP contribution in [0.15, 0.2) is 114 Å². The van der Waals surface area contributed by atoms with Gasteiger partial charge in [-0.1, -0.05) is 61.2 Å². The third-order valence-electron chi connectivity index (χ3n) is 8.37. The fourth-order valence-corrected chi connectivity index (χ4v) is 5.94. The van der Waals surface area contributed by atoms with Crippen LogP contribution in [0, 0.1) is 27.7 Å². The van der Waals surface area contributed by atoms with Crippen molar-refractivity contribution in [1.29, 1.82) is 0 Å². The molecular formula is C41H37N2O5+. The molecule has 1 aliphatic heterocycles. The first-order chi connectivity index (χ1) is 23.2. The van der Waals surface area contributed by atoms with Gasteiger partial charge >= 0.3 is 11.9 Å². The van der Waals surface area contributed by atoms with Crippen LogP contribution in [0.2, 0.25) is 0 Å². The summed E-state index contributed by atoms with van der Waals surface area (Å²) < 4.78 is 17.2. The second-order valence-electron chi connectivity index (χ2n) is 11.7. The van der Waals surface area contributed by atoms with E-state index in [0.29, 0.717) is 22.5 Å². The zero-order valence-corrected chi connectivity index (χ0v) is 27.5. The number of nitrogens with one attached hydrogen (secondary N) is 2. The van der Waals surface area contributed by atoms with E-state index >= 15 is 0 Å². The Bertz CT molecular complexity index is 2190. The predicted molar refractivity (Wildman–Crippen MR) is 189 cm³/mol. The highest BCUT2D eigenvalue weighted by molar-refractivity contribution is 6.08. The third kappa shape index (κ3) is 6.62. The summed E-state index contributed by atoms with van der Waals surface area (Å²) in [6, 6.07) is 31.8.